The molecule has 1 fully saturated rings. The van der Waals surface area contributed by atoms with Crippen LogP contribution in [0, 0.1) is 0 Å². The third-order valence-corrected chi connectivity index (χ3v) is 7.03. The van der Waals surface area contributed by atoms with Gasteiger partial charge in [0, 0.05) is 21.7 Å². The van der Waals surface area contributed by atoms with Gasteiger partial charge in [0.05, 0.1) is 10.6 Å². The van der Waals surface area contributed by atoms with Gasteiger partial charge in [-0.15, -0.1) is 11.3 Å². The number of hydrogen-bond acceptors (Lipinski definition) is 4. The van der Waals surface area contributed by atoms with E-state index in [1.165, 1.54) is 23.3 Å². The van der Waals surface area contributed by atoms with Crippen molar-refractivity contribution in [2.24, 2.45) is 4.99 Å². The molecule has 0 spiro atoms. The minimum absolute atomic E-state index is 0.0870. The van der Waals surface area contributed by atoms with Crippen LogP contribution in [-0.4, -0.2) is 27.8 Å². The van der Waals surface area contributed by atoms with E-state index in [1.807, 2.05) is 29.2 Å². The van der Waals surface area contributed by atoms with E-state index in [4.69, 9.17) is 16.6 Å². The third kappa shape index (κ3) is 3.64. The van der Waals surface area contributed by atoms with Crippen LogP contribution in [0.5, 0.6) is 0 Å². The first-order valence-electron chi connectivity index (χ1n) is 8.54. The van der Waals surface area contributed by atoms with Crippen molar-refractivity contribution in [2.45, 2.75) is 37.9 Å². The highest BCUT2D eigenvalue weighted by atomic mass is 35.5. The highest BCUT2D eigenvalue weighted by molar-refractivity contribution is 8.14. The molecule has 3 nitrogen and oxygen atoms in total. The molecule has 4 rings (SSSR count). The van der Waals surface area contributed by atoms with Crippen molar-refractivity contribution in [3.63, 3.8) is 0 Å². The van der Waals surface area contributed by atoms with Crippen LogP contribution >= 0.6 is 34.7 Å². The van der Waals surface area contributed by atoms with Gasteiger partial charge in [-0.25, -0.2) is 4.99 Å². The number of hydrogen-bond donors (Lipinski definition) is 0. The maximum atomic E-state index is 13.1. The third-order valence-electron chi connectivity index (χ3n) is 4.48. The molecule has 2 aromatic rings. The molecule has 0 unspecified atom stereocenters. The SMILES string of the molecule is C[C@H]1CN(C(=O)c2cc3c(s2)CCCC3)C(=Nc2ccc(Cl)cc2)S1. The average Bonchev–Trinajstić information content (AvgIpc) is 3.19. The van der Waals surface area contributed by atoms with Gasteiger partial charge in [0.15, 0.2) is 5.17 Å². The topological polar surface area (TPSA) is 32.7 Å². The van der Waals surface area contributed by atoms with Crippen molar-refractivity contribution >= 4 is 51.5 Å². The summed E-state index contributed by atoms with van der Waals surface area (Å²) in [6, 6.07) is 9.51. The van der Waals surface area contributed by atoms with E-state index in [0.29, 0.717) is 16.8 Å². The summed E-state index contributed by atoms with van der Waals surface area (Å²) in [4.78, 5) is 21.9. The zero-order chi connectivity index (χ0) is 17.4. The van der Waals surface area contributed by atoms with Crippen molar-refractivity contribution in [2.75, 3.05) is 6.54 Å². The molecule has 0 N–H and O–H groups in total. The molecule has 1 aliphatic carbocycles. The van der Waals surface area contributed by atoms with Crippen LogP contribution in [0.3, 0.4) is 0 Å². The average molecular weight is 391 g/mol. The summed E-state index contributed by atoms with van der Waals surface area (Å²) < 4.78 is 0. The number of fused-ring (bicyclic) bond motifs is 1. The van der Waals surface area contributed by atoms with Gasteiger partial charge in [0.25, 0.3) is 5.91 Å². The number of nitrogens with zero attached hydrogens (tertiary/aromatic N) is 2. The minimum atomic E-state index is 0.0870. The van der Waals surface area contributed by atoms with E-state index in [1.54, 1.807) is 23.1 Å². The summed E-state index contributed by atoms with van der Waals surface area (Å²) in [5.74, 6) is 0.0870. The van der Waals surface area contributed by atoms with Crippen LogP contribution in [0.2, 0.25) is 5.02 Å². The standard InChI is InChI=1S/C19H19ClN2OS2/c1-12-11-22(19(24-12)21-15-8-6-14(20)7-9-15)18(23)17-10-13-4-2-3-5-16(13)25-17/h6-10,12H,2-5,11H2,1H3/t12-/m0/s1. The van der Waals surface area contributed by atoms with E-state index in [-0.39, 0.29) is 5.91 Å². The first kappa shape index (κ1) is 17.1. The Hall–Kier alpha value is -1.30. The van der Waals surface area contributed by atoms with Gasteiger partial charge >= 0.3 is 0 Å². The van der Waals surface area contributed by atoms with Crippen LogP contribution in [0.25, 0.3) is 0 Å². The molecule has 1 aromatic heterocycles. The first-order chi connectivity index (χ1) is 12.1. The van der Waals surface area contributed by atoms with Crippen molar-refractivity contribution in [3.05, 3.63) is 50.7 Å². The fraction of sp³-hybridized carbons (Fsp3) is 0.368. The van der Waals surface area contributed by atoms with Crippen LogP contribution in [0.15, 0.2) is 35.3 Å². The fourth-order valence-corrected chi connectivity index (χ4v) is 5.58. The predicted molar refractivity (Wildman–Crippen MR) is 108 cm³/mol. The molecule has 1 amide bonds. The fourth-order valence-electron chi connectivity index (χ4n) is 3.23. The Kier molecular flexibility index (Phi) is 4.89. The highest BCUT2D eigenvalue weighted by Crippen LogP contribution is 2.34. The van der Waals surface area contributed by atoms with Gasteiger partial charge < -0.3 is 0 Å². The first-order valence-corrected chi connectivity index (χ1v) is 10.6. The number of halogens is 1. The zero-order valence-corrected chi connectivity index (χ0v) is 16.4. The summed E-state index contributed by atoms with van der Waals surface area (Å²) in [6.07, 6.45) is 4.69. The number of amides is 1. The van der Waals surface area contributed by atoms with Gasteiger partial charge in [-0.1, -0.05) is 30.3 Å². The van der Waals surface area contributed by atoms with E-state index < -0.39 is 0 Å². The van der Waals surface area contributed by atoms with Crippen molar-refractivity contribution in [3.8, 4) is 0 Å². The van der Waals surface area contributed by atoms with Gasteiger partial charge in [0.2, 0.25) is 0 Å². The second-order valence-electron chi connectivity index (χ2n) is 6.48. The number of aryl methyl sites for hydroxylation is 2. The molecule has 130 valence electrons. The Bertz CT molecular complexity index is 805. The molecule has 1 aliphatic heterocycles. The molecular weight excluding hydrogens is 372 g/mol. The van der Waals surface area contributed by atoms with Crippen LogP contribution < -0.4 is 0 Å². The van der Waals surface area contributed by atoms with Gasteiger partial charge in [-0.05, 0) is 61.6 Å². The lowest BCUT2D eigenvalue weighted by molar-refractivity contribution is 0.0860. The number of amidine groups is 1. The summed E-state index contributed by atoms with van der Waals surface area (Å²) in [7, 11) is 0. The monoisotopic (exact) mass is 390 g/mol. The van der Waals surface area contributed by atoms with Gasteiger partial charge in [-0.3, -0.25) is 9.69 Å². The number of carbonyl (C=O) groups excluding carboxylic acids is 1. The summed E-state index contributed by atoms with van der Waals surface area (Å²) in [6.45, 7) is 2.84. The minimum Gasteiger partial charge on any atom is -0.285 e. The van der Waals surface area contributed by atoms with Crippen LogP contribution in [0.1, 0.15) is 39.9 Å². The lowest BCUT2D eigenvalue weighted by Gasteiger charge is -2.15. The molecule has 25 heavy (non-hydrogen) atoms. The largest absolute Gasteiger partial charge is 0.285 e. The second-order valence-corrected chi connectivity index (χ2v) is 9.46. The summed E-state index contributed by atoms with van der Waals surface area (Å²) >= 11 is 9.27. The molecule has 0 bridgehead atoms. The Morgan fingerprint density at radius 1 is 1.24 bits per heavy atom. The van der Waals surface area contributed by atoms with Gasteiger partial charge in [-0.2, -0.15) is 0 Å². The van der Waals surface area contributed by atoms with E-state index in [0.717, 1.165) is 28.6 Å². The van der Waals surface area contributed by atoms with Crippen LogP contribution in [-0.2, 0) is 12.8 Å². The zero-order valence-electron chi connectivity index (χ0n) is 14.0. The Morgan fingerprint density at radius 2 is 2.00 bits per heavy atom. The molecule has 1 saturated heterocycles. The van der Waals surface area contributed by atoms with Gasteiger partial charge in [0.1, 0.15) is 0 Å². The van der Waals surface area contributed by atoms with E-state index in [2.05, 4.69) is 13.0 Å². The van der Waals surface area contributed by atoms with Crippen molar-refractivity contribution in [1.29, 1.82) is 0 Å². The lowest BCUT2D eigenvalue weighted by atomic mass is 9.99. The maximum absolute atomic E-state index is 13.1. The number of aliphatic imine (C=N–C) groups is 1. The predicted octanol–water partition coefficient (Wildman–Crippen LogP) is 5.55. The quantitative estimate of drug-likeness (QED) is 0.673. The number of carbonyl (C=O) groups is 1. The van der Waals surface area contributed by atoms with E-state index in [9.17, 15) is 4.79 Å². The molecule has 1 aromatic carbocycles. The van der Waals surface area contributed by atoms with Crippen molar-refractivity contribution < 1.29 is 4.79 Å². The number of thiophene rings is 1. The lowest BCUT2D eigenvalue weighted by Crippen LogP contribution is -2.31. The molecule has 1 atom stereocenters. The molecule has 2 aliphatic rings. The molecule has 0 saturated carbocycles. The van der Waals surface area contributed by atoms with Crippen LogP contribution in [0.4, 0.5) is 5.69 Å². The smallest absolute Gasteiger partial charge is 0.269 e. The molecular formula is C19H19ClN2OS2. The molecule has 0 radical (unpaired) electrons. The number of rotatable bonds is 2. The summed E-state index contributed by atoms with van der Waals surface area (Å²) in [5, 5.41) is 1.82. The Labute approximate surface area is 161 Å². The number of benzene rings is 1. The molecule has 2 heterocycles. The van der Waals surface area contributed by atoms with Crippen molar-refractivity contribution in [1.82, 2.24) is 4.90 Å². The Morgan fingerprint density at radius 3 is 2.76 bits per heavy atom. The number of thioether (sulfide) groups is 1. The normalized spacial score (nSPS) is 21.6. The summed E-state index contributed by atoms with van der Waals surface area (Å²) in [5.41, 5.74) is 2.19. The maximum Gasteiger partial charge on any atom is 0.269 e. The second kappa shape index (κ2) is 7.14. The highest BCUT2D eigenvalue weighted by Gasteiger charge is 2.32. The van der Waals surface area contributed by atoms with E-state index >= 15 is 0 Å². The Balaban J connectivity index is 1.61. The molecule has 6 heteroatoms.